The Morgan fingerprint density at radius 2 is 1.84 bits per heavy atom. The number of hydrogen-bond donors (Lipinski definition) is 2. The van der Waals surface area contributed by atoms with Gasteiger partial charge >= 0.3 is 0 Å². The lowest BCUT2D eigenvalue weighted by Gasteiger charge is -2.37. The molecule has 0 unspecified atom stereocenters. The van der Waals surface area contributed by atoms with E-state index < -0.39 is 0 Å². The number of nitrogens with two attached hydrogens (primary N) is 1. The normalized spacial score (nSPS) is 16.7. The molecule has 3 N–H and O–H groups in total. The van der Waals surface area contributed by atoms with Crippen molar-refractivity contribution in [2.45, 2.75) is 32.7 Å². The lowest BCUT2D eigenvalue weighted by Crippen LogP contribution is -2.49. The second-order valence-corrected chi connectivity index (χ2v) is 4.81. The maximum absolute atomic E-state index is 11.9. The van der Waals surface area contributed by atoms with E-state index in [0.29, 0.717) is 6.04 Å². The zero-order valence-electron chi connectivity index (χ0n) is 12.0. The van der Waals surface area contributed by atoms with Crippen LogP contribution in [0, 0.1) is 0 Å². The summed E-state index contributed by atoms with van der Waals surface area (Å²) in [4.78, 5) is 27.2. The van der Waals surface area contributed by atoms with Gasteiger partial charge in [0.2, 0.25) is 11.8 Å². The third-order valence-corrected chi connectivity index (χ3v) is 3.77. The van der Waals surface area contributed by atoms with Crippen molar-refractivity contribution >= 4 is 11.8 Å². The molecule has 0 aromatic carbocycles. The summed E-state index contributed by atoms with van der Waals surface area (Å²) in [6.07, 6.45) is 2.02. The highest BCUT2D eigenvalue weighted by atomic mass is 16.2. The lowest BCUT2D eigenvalue weighted by atomic mass is 10.0. The molecule has 1 fully saturated rings. The minimum Gasteiger partial charge on any atom is -0.346 e. The van der Waals surface area contributed by atoms with E-state index in [4.69, 9.17) is 5.73 Å². The molecule has 0 atom stereocenters. The van der Waals surface area contributed by atoms with E-state index in [0.717, 1.165) is 39.0 Å². The molecule has 6 nitrogen and oxygen atoms in total. The molecule has 1 heterocycles. The van der Waals surface area contributed by atoms with E-state index in [9.17, 15) is 9.59 Å². The average Bonchev–Trinajstić information content (AvgIpc) is 2.46. The maximum Gasteiger partial charge on any atom is 0.241 e. The van der Waals surface area contributed by atoms with Crippen molar-refractivity contribution in [1.29, 1.82) is 0 Å². The molecule has 1 saturated heterocycles. The van der Waals surface area contributed by atoms with Crippen LogP contribution in [0.1, 0.15) is 26.7 Å². The van der Waals surface area contributed by atoms with Gasteiger partial charge in [0.1, 0.15) is 0 Å². The molecule has 19 heavy (non-hydrogen) atoms. The Bertz CT molecular complexity index is 297. The number of amides is 2. The smallest absolute Gasteiger partial charge is 0.241 e. The first-order chi connectivity index (χ1) is 9.12. The van der Waals surface area contributed by atoms with Gasteiger partial charge in [-0.15, -0.1) is 0 Å². The summed E-state index contributed by atoms with van der Waals surface area (Å²) in [5, 5.41) is 2.52. The monoisotopic (exact) mass is 270 g/mol. The van der Waals surface area contributed by atoms with E-state index in [1.807, 2.05) is 4.90 Å². The van der Waals surface area contributed by atoms with Crippen molar-refractivity contribution in [3.05, 3.63) is 0 Å². The van der Waals surface area contributed by atoms with Gasteiger partial charge in [0.25, 0.3) is 0 Å². The van der Waals surface area contributed by atoms with Crippen LogP contribution < -0.4 is 11.1 Å². The van der Waals surface area contributed by atoms with Crippen LogP contribution in [0.25, 0.3) is 0 Å². The van der Waals surface area contributed by atoms with Gasteiger partial charge in [-0.05, 0) is 25.9 Å². The number of rotatable bonds is 6. The van der Waals surface area contributed by atoms with E-state index in [1.54, 1.807) is 0 Å². The van der Waals surface area contributed by atoms with Gasteiger partial charge < -0.3 is 20.9 Å². The third kappa shape index (κ3) is 4.80. The number of nitrogens with one attached hydrogen (secondary N) is 1. The fraction of sp³-hybridized carbons (Fsp3) is 0.846. The highest BCUT2D eigenvalue weighted by Gasteiger charge is 2.25. The average molecular weight is 270 g/mol. The van der Waals surface area contributed by atoms with Gasteiger partial charge in [-0.1, -0.05) is 13.8 Å². The summed E-state index contributed by atoms with van der Waals surface area (Å²) in [7, 11) is 0. The summed E-state index contributed by atoms with van der Waals surface area (Å²) in [5.41, 5.74) is 5.18. The number of likely N-dealkylation sites (tertiary alicyclic amines) is 1. The Morgan fingerprint density at radius 3 is 2.32 bits per heavy atom. The molecule has 2 amide bonds. The highest BCUT2D eigenvalue weighted by Crippen LogP contribution is 2.16. The number of hydrogen-bond acceptors (Lipinski definition) is 4. The Kier molecular flexibility index (Phi) is 6.80. The van der Waals surface area contributed by atoms with Gasteiger partial charge in [0.15, 0.2) is 0 Å². The van der Waals surface area contributed by atoms with Crippen LogP contribution in [-0.4, -0.2) is 66.9 Å². The van der Waals surface area contributed by atoms with Crippen LogP contribution in [0.2, 0.25) is 0 Å². The fourth-order valence-corrected chi connectivity index (χ4v) is 2.58. The molecule has 0 aromatic rings. The molecule has 1 rings (SSSR count). The maximum atomic E-state index is 11.9. The standard InChI is InChI=1S/C13H26N4O2/c1-3-16(4-2)11-5-7-17(8-6-11)13(19)10-15-12(18)9-14/h11H,3-10,14H2,1-2H3,(H,15,18). The quantitative estimate of drug-likeness (QED) is 0.675. The largest absolute Gasteiger partial charge is 0.346 e. The van der Waals surface area contributed by atoms with E-state index in [1.165, 1.54) is 0 Å². The number of nitrogens with zero attached hydrogens (tertiary/aromatic N) is 2. The number of piperidine rings is 1. The molecule has 0 aromatic heterocycles. The predicted molar refractivity (Wildman–Crippen MR) is 74.6 cm³/mol. The number of carbonyl (C=O) groups is 2. The van der Waals surface area contributed by atoms with Crippen molar-refractivity contribution < 1.29 is 9.59 Å². The Hall–Kier alpha value is -1.14. The molecule has 1 aliphatic heterocycles. The van der Waals surface area contributed by atoms with Crippen molar-refractivity contribution in [1.82, 2.24) is 15.1 Å². The first-order valence-electron chi connectivity index (χ1n) is 7.10. The van der Waals surface area contributed by atoms with Gasteiger partial charge in [0, 0.05) is 19.1 Å². The van der Waals surface area contributed by atoms with E-state index in [2.05, 4.69) is 24.1 Å². The summed E-state index contributed by atoms with van der Waals surface area (Å²) >= 11 is 0. The third-order valence-electron chi connectivity index (χ3n) is 3.77. The molecule has 6 heteroatoms. The highest BCUT2D eigenvalue weighted by molar-refractivity contribution is 5.85. The minimum absolute atomic E-state index is 0.0141. The zero-order chi connectivity index (χ0) is 14.3. The van der Waals surface area contributed by atoms with Crippen molar-refractivity contribution in [3.63, 3.8) is 0 Å². The Labute approximate surface area is 115 Å². The summed E-state index contributed by atoms with van der Waals surface area (Å²) in [5.74, 6) is -0.300. The van der Waals surface area contributed by atoms with Crippen LogP contribution in [0.4, 0.5) is 0 Å². The zero-order valence-corrected chi connectivity index (χ0v) is 12.0. The van der Waals surface area contributed by atoms with Crippen LogP contribution in [-0.2, 0) is 9.59 Å². The molecule has 0 spiro atoms. The molecule has 0 radical (unpaired) electrons. The molecular formula is C13H26N4O2. The van der Waals surface area contributed by atoms with Crippen LogP contribution in [0.3, 0.4) is 0 Å². The molecule has 0 bridgehead atoms. The van der Waals surface area contributed by atoms with Gasteiger partial charge in [-0.25, -0.2) is 0 Å². The summed E-state index contributed by atoms with van der Waals surface area (Å²) in [6.45, 7) is 8.00. The number of carbonyl (C=O) groups excluding carboxylic acids is 2. The van der Waals surface area contributed by atoms with Crippen molar-refractivity contribution in [3.8, 4) is 0 Å². The molecule has 0 saturated carbocycles. The SMILES string of the molecule is CCN(CC)C1CCN(C(=O)CNC(=O)CN)CC1. The first-order valence-corrected chi connectivity index (χ1v) is 7.10. The molecule has 110 valence electrons. The van der Waals surface area contributed by atoms with Gasteiger partial charge in [0.05, 0.1) is 13.1 Å². The summed E-state index contributed by atoms with van der Waals surface area (Å²) in [6, 6.07) is 0.581. The second kappa shape index (κ2) is 8.12. The molecule has 0 aliphatic carbocycles. The Balaban J connectivity index is 2.32. The second-order valence-electron chi connectivity index (χ2n) is 4.81. The Morgan fingerprint density at radius 1 is 1.26 bits per heavy atom. The minimum atomic E-state index is -0.286. The first kappa shape index (κ1) is 15.9. The molecule has 1 aliphatic rings. The molecular weight excluding hydrogens is 244 g/mol. The topological polar surface area (TPSA) is 78.7 Å². The van der Waals surface area contributed by atoms with Crippen molar-refractivity contribution in [2.75, 3.05) is 39.3 Å². The van der Waals surface area contributed by atoms with E-state index >= 15 is 0 Å². The van der Waals surface area contributed by atoms with Crippen molar-refractivity contribution in [2.24, 2.45) is 5.73 Å². The van der Waals surface area contributed by atoms with Gasteiger partial charge in [-0.2, -0.15) is 0 Å². The van der Waals surface area contributed by atoms with Crippen LogP contribution in [0.5, 0.6) is 0 Å². The van der Waals surface area contributed by atoms with E-state index in [-0.39, 0.29) is 24.9 Å². The van der Waals surface area contributed by atoms with Crippen LogP contribution >= 0.6 is 0 Å². The summed E-state index contributed by atoms with van der Waals surface area (Å²) < 4.78 is 0. The fourth-order valence-electron chi connectivity index (χ4n) is 2.58. The van der Waals surface area contributed by atoms with Gasteiger partial charge in [-0.3, -0.25) is 9.59 Å². The predicted octanol–water partition coefficient (Wildman–Crippen LogP) is -0.606. The van der Waals surface area contributed by atoms with Crippen LogP contribution in [0.15, 0.2) is 0 Å². The lowest BCUT2D eigenvalue weighted by molar-refractivity contribution is -0.133.